The van der Waals surface area contributed by atoms with Crippen molar-refractivity contribution >= 4 is 17.7 Å². The summed E-state index contributed by atoms with van der Waals surface area (Å²) >= 11 is 0. The van der Waals surface area contributed by atoms with Crippen LogP contribution in [-0.2, 0) is 27.4 Å². The molecular weight excluding hydrogens is 348 g/mol. The van der Waals surface area contributed by atoms with E-state index in [4.69, 9.17) is 10.5 Å². The molecule has 8 heteroatoms. The molecule has 0 spiro atoms. The van der Waals surface area contributed by atoms with Crippen molar-refractivity contribution in [2.24, 2.45) is 5.73 Å². The molecule has 2 fully saturated rings. The maximum atomic E-state index is 12.7. The summed E-state index contributed by atoms with van der Waals surface area (Å²) in [5, 5.41) is 2.32. The quantitative estimate of drug-likeness (QED) is 0.682. The number of carbonyl (C=O) groups excluding carboxylic acids is 3. The monoisotopic (exact) mass is 372 g/mol. The van der Waals surface area contributed by atoms with E-state index in [0.29, 0.717) is 25.1 Å². The van der Waals surface area contributed by atoms with Gasteiger partial charge in [0.2, 0.25) is 11.8 Å². The molecule has 1 aromatic rings. The molecule has 3 N–H and O–H groups in total. The van der Waals surface area contributed by atoms with E-state index < -0.39 is 6.04 Å². The lowest BCUT2D eigenvalue weighted by Crippen LogP contribution is -2.69. The Morgan fingerprint density at radius 2 is 2.07 bits per heavy atom. The van der Waals surface area contributed by atoms with Gasteiger partial charge in [-0.2, -0.15) is 0 Å². The highest BCUT2D eigenvalue weighted by Gasteiger charge is 2.40. The lowest BCUT2D eigenvalue weighted by molar-refractivity contribution is -0.136. The fourth-order valence-electron chi connectivity index (χ4n) is 4.32. The zero-order valence-electron chi connectivity index (χ0n) is 15.4. The number of likely N-dealkylation sites (tertiary alicyclic amines) is 1. The van der Waals surface area contributed by atoms with Gasteiger partial charge in [-0.05, 0) is 23.6 Å². The molecule has 8 nitrogen and oxygen atoms in total. The summed E-state index contributed by atoms with van der Waals surface area (Å²) in [7, 11) is 1.66. The number of nitrogens with zero attached hydrogens (tertiary/aromatic N) is 2. The van der Waals surface area contributed by atoms with Gasteiger partial charge in [0.25, 0.3) is 5.91 Å². The van der Waals surface area contributed by atoms with Crippen LogP contribution in [0.4, 0.5) is 0 Å². The average molecular weight is 372 g/mol. The Morgan fingerprint density at radius 1 is 1.30 bits per heavy atom. The first-order valence-electron chi connectivity index (χ1n) is 9.15. The first-order chi connectivity index (χ1) is 12.9. The summed E-state index contributed by atoms with van der Waals surface area (Å²) in [6, 6.07) is 5.25. The Labute approximate surface area is 157 Å². The number of nitrogens with one attached hydrogen (secondary N) is 1. The normalized spacial score (nSPS) is 24.6. The number of imide groups is 1. The third-order valence-corrected chi connectivity index (χ3v) is 5.50. The zero-order chi connectivity index (χ0) is 19.2. The number of ether oxygens (including phenoxy) is 1. The number of hydrogen-bond acceptors (Lipinski definition) is 6. The molecule has 3 amide bonds. The molecule has 2 saturated heterocycles. The van der Waals surface area contributed by atoms with Crippen molar-refractivity contribution in [2.75, 3.05) is 26.8 Å². The minimum absolute atomic E-state index is 0.143. The number of amides is 3. The summed E-state index contributed by atoms with van der Waals surface area (Å²) in [6.07, 6.45) is 0.641. The predicted octanol–water partition coefficient (Wildman–Crippen LogP) is -0.393. The van der Waals surface area contributed by atoms with Crippen molar-refractivity contribution < 1.29 is 19.1 Å². The molecule has 1 atom stereocenters. The molecule has 4 rings (SSSR count). The van der Waals surface area contributed by atoms with Gasteiger partial charge in [0.05, 0.1) is 12.1 Å². The minimum Gasteiger partial charge on any atom is -0.383 e. The van der Waals surface area contributed by atoms with E-state index >= 15 is 0 Å². The minimum atomic E-state index is -0.576. The van der Waals surface area contributed by atoms with Crippen LogP contribution in [0, 0.1) is 0 Å². The van der Waals surface area contributed by atoms with Crippen molar-refractivity contribution in [3.05, 3.63) is 34.9 Å². The fourth-order valence-corrected chi connectivity index (χ4v) is 4.32. The van der Waals surface area contributed by atoms with E-state index in [9.17, 15) is 14.4 Å². The Balaban J connectivity index is 1.42. The maximum Gasteiger partial charge on any atom is 0.255 e. The van der Waals surface area contributed by atoms with Gasteiger partial charge in [-0.25, -0.2) is 0 Å². The second kappa shape index (κ2) is 6.70. The molecule has 1 unspecified atom stereocenters. The van der Waals surface area contributed by atoms with Crippen LogP contribution in [0.3, 0.4) is 0 Å². The van der Waals surface area contributed by atoms with E-state index in [1.165, 1.54) is 0 Å². The van der Waals surface area contributed by atoms with Gasteiger partial charge in [0.15, 0.2) is 0 Å². The standard InChI is InChI=1S/C19H24N4O4/c1-27-11-19(20)9-22(10-19)7-12-2-3-14-13(6-12)8-23(18(14)26)15-4-5-16(24)21-17(15)25/h2-3,6,15H,4-5,7-11,20H2,1H3,(H,21,24,25). The first kappa shape index (κ1) is 18.1. The van der Waals surface area contributed by atoms with Crippen LogP contribution >= 0.6 is 0 Å². The number of nitrogens with two attached hydrogens (primary N) is 1. The van der Waals surface area contributed by atoms with Crippen LogP contribution in [0.25, 0.3) is 0 Å². The molecule has 0 aliphatic carbocycles. The van der Waals surface area contributed by atoms with Crippen LogP contribution in [0.15, 0.2) is 18.2 Å². The summed E-state index contributed by atoms with van der Waals surface area (Å²) in [4.78, 5) is 40.0. The lowest BCUT2D eigenvalue weighted by atomic mass is 9.91. The molecule has 3 heterocycles. The van der Waals surface area contributed by atoms with E-state index in [1.807, 2.05) is 18.2 Å². The number of methoxy groups -OCH3 is 1. The topological polar surface area (TPSA) is 105 Å². The van der Waals surface area contributed by atoms with Crippen molar-refractivity contribution in [3.8, 4) is 0 Å². The molecule has 3 aliphatic heterocycles. The van der Waals surface area contributed by atoms with Crippen LogP contribution in [0.2, 0.25) is 0 Å². The second-order valence-electron chi connectivity index (χ2n) is 7.83. The van der Waals surface area contributed by atoms with Gasteiger partial charge in [0, 0.05) is 45.3 Å². The predicted molar refractivity (Wildman–Crippen MR) is 96.6 cm³/mol. The van der Waals surface area contributed by atoms with E-state index in [-0.39, 0.29) is 29.7 Å². The van der Waals surface area contributed by atoms with E-state index in [0.717, 1.165) is 30.8 Å². The second-order valence-corrected chi connectivity index (χ2v) is 7.83. The van der Waals surface area contributed by atoms with Crippen molar-refractivity contribution in [1.29, 1.82) is 0 Å². The first-order valence-corrected chi connectivity index (χ1v) is 9.15. The van der Waals surface area contributed by atoms with Gasteiger partial charge in [-0.3, -0.25) is 24.6 Å². The van der Waals surface area contributed by atoms with Crippen LogP contribution in [0.1, 0.15) is 34.3 Å². The highest BCUT2D eigenvalue weighted by Crippen LogP contribution is 2.29. The number of rotatable bonds is 5. The number of piperidine rings is 1. The molecule has 0 radical (unpaired) electrons. The van der Waals surface area contributed by atoms with Gasteiger partial charge >= 0.3 is 0 Å². The van der Waals surface area contributed by atoms with Crippen LogP contribution in [-0.4, -0.2) is 65.9 Å². The maximum absolute atomic E-state index is 12.7. The van der Waals surface area contributed by atoms with Gasteiger partial charge in [-0.1, -0.05) is 12.1 Å². The van der Waals surface area contributed by atoms with E-state index in [2.05, 4.69) is 10.2 Å². The summed E-state index contributed by atoms with van der Waals surface area (Å²) < 4.78 is 5.16. The highest BCUT2D eigenvalue weighted by molar-refractivity contribution is 6.05. The molecule has 0 aromatic heterocycles. The Hall–Kier alpha value is -2.29. The zero-order valence-corrected chi connectivity index (χ0v) is 15.4. The molecule has 1 aromatic carbocycles. The largest absolute Gasteiger partial charge is 0.383 e. The molecule has 27 heavy (non-hydrogen) atoms. The fraction of sp³-hybridized carbons (Fsp3) is 0.526. The van der Waals surface area contributed by atoms with Gasteiger partial charge < -0.3 is 15.4 Å². The molecule has 144 valence electrons. The SMILES string of the molecule is COCC1(N)CN(Cc2ccc3c(c2)CN(C2CCC(=O)NC2=O)C3=O)C1. The smallest absolute Gasteiger partial charge is 0.255 e. The van der Waals surface area contributed by atoms with Crippen LogP contribution in [0.5, 0.6) is 0 Å². The van der Waals surface area contributed by atoms with E-state index in [1.54, 1.807) is 12.0 Å². The molecule has 3 aliphatic rings. The molecular formula is C19H24N4O4. The summed E-state index contributed by atoms with van der Waals surface area (Å²) in [5.74, 6) is -0.802. The third kappa shape index (κ3) is 3.36. The Bertz CT molecular complexity index is 803. The van der Waals surface area contributed by atoms with Crippen molar-refractivity contribution in [3.63, 3.8) is 0 Å². The van der Waals surface area contributed by atoms with Crippen molar-refractivity contribution in [2.45, 2.75) is 37.5 Å². The number of hydrogen-bond donors (Lipinski definition) is 2. The van der Waals surface area contributed by atoms with Gasteiger partial charge in [-0.15, -0.1) is 0 Å². The third-order valence-electron chi connectivity index (χ3n) is 5.50. The Kier molecular flexibility index (Phi) is 4.49. The lowest BCUT2D eigenvalue weighted by Gasteiger charge is -2.47. The van der Waals surface area contributed by atoms with Crippen molar-refractivity contribution in [1.82, 2.24) is 15.1 Å². The molecule has 0 bridgehead atoms. The average Bonchev–Trinajstić information content (AvgIpc) is 2.90. The summed E-state index contributed by atoms with van der Waals surface area (Å²) in [6.45, 7) is 3.27. The van der Waals surface area contributed by atoms with Gasteiger partial charge in [0.1, 0.15) is 6.04 Å². The highest BCUT2D eigenvalue weighted by atomic mass is 16.5. The molecule has 0 saturated carbocycles. The number of benzene rings is 1. The number of fused-ring (bicyclic) bond motifs is 1. The summed E-state index contributed by atoms with van der Waals surface area (Å²) in [5.41, 5.74) is 8.62. The van der Waals surface area contributed by atoms with Crippen LogP contribution < -0.4 is 11.1 Å². The number of carbonyl (C=O) groups is 3. The Morgan fingerprint density at radius 3 is 2.78 bits per heavy atom.